The maximum Gasteiger partial charge on any atom is 0.340 e. The van der Waals surface area contributed by atoms with Crippen LogP contribution in [0.4, 0.5) is 0 Å². The summed E-state index contributed by atoms with van der Waals surface area (Å²) in [6.45, 7) is 7.40. The Morgan fingerprint density at radius 1 is 1.28 bits per heavy atom. The molecule has 0 radical (unpaired) electrons. The van der Waals surface area contributed by atoms with Crippen molar-refractivity contribution in [2.75, 3.05) is 13.2 Å². The molecule has 0 aromatic heterocycles. The Balaban J connectivity index is 4.45. The van der Waals surface area contributed by atoms with Gasteiger partial charge in [-0.3, -0.25) is 9.36 Å². The van der Waals surface area contributed by atoms with E-state index in [2.05, 4.69) is 11.8 Å². The molecule has 104 valence electrons. The number of rotatable bonds is 9. The van der Waals surface area contributed by atoms with Crippen molar-refractivity contribution in [3.8, 4) is 11.8 Å². The number of carbonyl (C=O) groups is 1. The first-order valence-electron chi connectivity index (χ1n) is 6.32. The summed E-state index contributed by atoms with van der Waals surface area (Å²) in [5.74, 6) is 5.59. The van der Waals surface area contributed by atoms with Crippen LogP contribution in [0.5, 0.6) is 0 Å². The Hall–Kier alpha value is -0.620. The summed E-state index contributed by atoms with van der Waals surface area (Å²) in [5, 5.41) is 0. The molecular weight excluding hydrogens is 251 g/mol. The first-order valence-corrected chi connectivity index (χ1v) is 7.94. The van der Waals surface area contributed by atoms with Gasteiger partial charge < -0.3 is 9.05 Å². The fourth-order valence-corrected chi connectivity index (χ4v) is 3.21. The fourth-order valence-electron chi connectivity index (χ4n) is 1.48. The Morgan fingerprint density at radius 2 is 1.83 bits per heavy atom. The van der Waals surface area contributed by atoms with Crippen LogP contribution in [0, 0.1) is 11.8 Å². The predicted octanol–water partition coefficient (Wildman–Crippen LogP) is 3.40. The number of carbonyl (C=O) groups excluding carboxylic acids is 1. The average molecular weight is 274 g/mol. The van der Waals surface area contributed by atoms with Crippen molar-refractivity contribution in [1.29, 1.82) is 0 Å². The molecule has 0 amide bonds. The van der Waals surface area contributed by atoms with Gasteiger partial charge in [0.05, 0.1) is 13.2 Å². The van der Waals surface area contributed by atoms with Gasteiger partial charge in [0.15, 0.2) is 0 Å². The number of hydrogen-bond donors (Lipinski definition) is 0. The van der Waals surface area contributed by atoms with Crippen LogP contribution in [0.25, 0.3) is 0 Å². The number of Topliss-reactive ketones (excluding diaryl/α,β-unsaturated/α-hetero) is 1. The van der Waals surface area contributed by atoms with Crippen molar-refractivity contribution >= 4 is 13.4 Å². The smallest absolute Gasteiger partial charge is 0.308 e. The van der Waals surface area contributed by atoms with Crippen molar-refractivity contribution in [2.24, 2.45) is 0 Å². The van der Waals surface area contributed by atoms with Gasteiger partial charge in [0.1, 0.15) is 11.4 Å². The minimum Gasteiger partial charge on any atom is -0.308 e. The van der Waals surface area contributed by atoms with E-state index in [0.29, 0.717) is 19.3 Å². The molecule has 0 aliphatic rings. The first kappa shape index (κ1) is 17.4. The lowest BCUT2D eigenvalue weighted by atomic mass is 10.1. The van der Waals surface area contributed by atoms with Crippen molar-refractivity contribution < 1.29 is 18.4 Å². The zero-order valence-electron chi connectivity index (χ0n) is 11.7. The van der Waals surface area contributed by atoms with Gasteiger partial charge >= 0.3 is 7.60 Å². The molecular formula is C13H23O4P. The van der Waals surface area contributed by atoms with Gasteiger partial charge in [0.25, 0.3) is 0 Å². The molecule has 1 unspecified atom stereocenters. The number of hydrogen-bond acceptors (Lipinski definition) is 4. The highest BCUT2D eigenvalue weighted by Gasteiger charge is 2.36. The summed E-state index contributed by atoms with van der Waals surface area (Å²) in [6.07, 6.45) is 1.73. The third-order valence-corrected chi connectivity index (χ3v) is 4.93. The zero-order chi connectivity index (χ0) is 14.0. The molecule has 0 saturated heterocycles. The van der Waals surface area contributed by atoms with Gasteiger partial charge in [-0.1, -0.05) is 0 Å². The second-order valence-electron chi connectivity index (χ2n) is 3.80. The lowest BCUT2D eigenvalue weighted by molar-refractivity contribution is -0.118. The normalized spacial score (nSPS) is 12.7. The maximum atomic E-state index is 12.4. The van der Waals surface area contributed by atoms with Crippen molar-refractivity contribution in [3.05, 3.63) is 0 Å². The predicted molar refractivity (Wildman–Crippen MR) is 72.6 cm³/mol. The van der Waals surface area contributed by atoms with Crippen LogP contribution in [-0.2, 0) is 18.4 Å². The van der Waals surface area contributed by atoms with E-state index in [9.17, 15) is 9.36 Å². The lowest BCUT2D eigenvalue weighted by Crippen LogP contribution is -2.20. The van der Waals surface area contributed by atoms with Crippen LogP contribution in [-0.4, -0.2) is 24.7 Å². The fraction of sp³-hybridized carbons (Fsp3) is 0.769. The van der Waals surface area contributed by atoms with Crippen LogP contribution >= 0.6 is 7.60 Å². The number of ketones is 1. The highest BCUT2D eigenvalue weighted by atomic mass is 31.2. The molecule has 0 heterocycles. The van der Waals surface area contributed by atoms with E-state index >= 15 is 0 Å². The third kappa shape index (κ3) is 5.82. The topological polar surface area (TPSA) is 52.6 Å². The first-order chi connectivity index (χ1) is 8.51. The van der Waals surface area contributed by atoms with E-state index in [1.54, 1.807) is 27.7 Å². The maximum absolute atomic E-state index is 12.4. The molecule has 0 aliphatic heterocycles. The summed E-state index contributed by atoms with van der Waals surface area (Å²) in [6, 6.07) is 0. The lowest BCUT2D eigenvalue weighted by Gasteiger charge is -2.22. The summed E-state index contributed by atoms with van der Waals surface area (Å²) in [4.78, 5) is 11.9. The SMILES string of the molecule is CC#CCCCC(=O)C(C)P(=O)(OCC)OCC. The summed E-state index contributed by atoms with van der Waals surface area (Å²) in [7, 11) is -3.31. The van der Waals surface area contributed by atoms with Crippen molar-refractivity contribution in [1.82, 2.24) is 0 Å². The summed E-state index contributed by atoms with van der Waals surface area (Å²) < 4.78 is 22.7. The summed E-state index contributed by atoms with van der Waals surface area (Å²) in [5.41, 5.74) is -0.702. The van der Waals surface area contributed by atoms with Crippen LogP contribution in [0.1, 0.15) is 47.0 Å². The molecule has 0 rings (SSSR count). The van der Waals surface area contributed by atoms with E-state index in [0.717, 1.165) is 0 Å². The quantitative estimate of drug-likeness (QED) is 0.367. The largest absolute Gasteiger partial charge is 0.340 e. The Morgan fingerprint density at radius 3 is 2.28 bits per heavy atom. The van der Waals surface area contributed by atoms with Crippen molar-refractivity contribution in [2.45, 2.75) is 52.6 Å². The molecule has 5 heteroatoms. The van der Waals surface area contributed by atoms with E-state index in [4.69, 9.17) is 9.05 Å². The molecule has 18 heavy (non-hydrogen) atoms. The molecule has 1 atom stereocenters. The van der Waals surface area contributed by atoms with Gasteiger partial charge in [-0.2, -0.15) is 0 Å². The van der Waals surface area contributed by atoms with Crippen LogP contribution in [0.2, 0.25) is 0 Å². The van der Waals surface area contributed by atoms with E-state index in [1.165, 1.54) is 0 Å². The van der Waals surface area contributed by atoms with E-state index < -0.39 is 13.3 Å². The Kier molecular flexibility index (Phi) is 9.01. The van der Waals surface area contributed by atoms with Gasteiger partial charge in [-0.05, 0) is 34.1 Å². The van der Waals surface area contributed by atoms with Gasteiger partial charge in [0, 0.05) is 12.8 Å². The zero-order valence-corrected chi connectivity index (χ0v) is 12.6. The van der Waals surface area contributed by atoms with E-state index in [1.807, 2.05) is 0 Å². The van der Waals surface area contributed by atoms with Crippen LogP contribution in [0.15, 0.2) is 0 Å². The number of unbranched alkanes of at least 4 members (excludes halogenated alkanes) is 1. The van der Waals surface area contributed by atoms with Gasteiger partial charge in [-0.25, -0.2) is 0 Å². The molecule has 0 N–H and O–H groups in total. The van der Waals surface area contributed by atoms with E-state index in [-0.39, 0.29) is 19.0 Å². The average Bonchev–Trinajstić information content (AvgIpc) is 2.34. The minimum absolute atomic E-state index is 0.0851. The molecule has 0 aromatic carbocycles. The molecule has 4 nitrogen and oxygen atoms in total. The molecule has 0 spiro atoms. The standard InChI is InChI=1S/C13H23O4P/c1-5-8-9-10-11-13(14)12(4)18(15,16-6-2)17-7-3/h12H,6-7,9-11H2,1-4H3. The Labute approximate surface area is 110 Å². The molecule has 0 saturated carbocycles. The monoisotopic (exact) mass is 274 g/mol. The Bertz CT molecular complexity index is 344. The van der Waals surface area contributed by atoms with Gasteiger partial charge in [0.2, 0.25) is 0 Å². The van der Waals surface area contributed by atoms with Crippen molar-refractivity contribution in [3.63, 3.8) is 0 Å². The minimum atomic E-state index is -3.31. The molecule has 0 bridgehead atoms. The molecule has 0 aliphatic carbocycles. The second kappa shape index (κ2) is 9.33. The highest BCUT2D eigenvalue weighted by Crippen LogP contribution is 2.53. The highest BCUT2D eigenvalue weighted by molar-refractivity contribution is 7.55. The molecule has 0 fully saturated rings. The molecule has 0 aromatic rings. The van der Waals surface area contributed by atoms with Gasteiger partial charge in [-0.15, -0.1) is 11.8 Å². The second-order valence-corrected chi connectivity index (χ2v) is 6.17. The van der Waals surface area contributed by atoms with Crippen LogP contribution < -0.4 is 0 Å². The van der Waals surface area contributed by atoms with Crippen LogP contribution in [0.3, 0.4) is 0 Å². The summed E-state index contributed by atoms with van der Waals surface area (Å²) >= 11 is 0. The third-order valence-electron chi connectivity index (χ3n) is 2.46.